The fraction of sp³-hybridized carbons (Fsp3) is 1.00. The molecule has 2 N–H and O–H groups in total. The predicted octanol–water partition coefficient (Wildman–Crippen LogP) is 2.61. The van der Waals surface area contributed by atoms with E-state index in [1.807, 2.05) is 0 Å². The molecule has 0 saturated carbocycles. The minimum atomic E-state index is -4.61. The molecule has 0 saturated heterocycles. The summed E-state index contributed by atoms with van der Waals surface area (Å²) in [5.41, 5.74) is 4.59. The van der Waals surface area contributed by atoms with Crippen molar-refractivity contribution in [1.82, 2.24) is 0 Å². The number of hydrogen-bond donors (Lipinski definition) is 1. The minimum absolute atomic E-state index is 0.593. The lowest BCUT2D eigenvalue weighted by Gasteiger charge is -2.15. The molecule has 0 amide bonds. The van der Waals surface area contributed by atoms with Crippen LogP contribution in [0, 0.1) is 0 Å². The molecule has 0 rings (SSSR count). The summed E-state index contributed by atoms with van der Waals surface area (Å²) in [6, 6.07) is -2.16. The molecule has 0 aromatic carbocycles. The van der Waals surface area contributed by atoms with Crippen molar-refractivity contribution >= 4 is 0 Å². The fourth-order valence-electron chi connectivity index (χ4n) is 0.686. The smallest absolute Gasteiger partial charge is 0.320 e. The van der Waals surface area contributed by atoms with E-state index in [-0.39, 0.29) is 0 Å². The third kappa shape index (κ3) is 6.68. The van der Waals surface area contributed by atoms with Gasteiger partial charge in [-0.15, -0.1) is 0 Å². The Hall–Kier alpha value is -0.460. The van der Waals surface area contributed by atoms with Crippen LogP contribution >= 0.6 is 0 Å². The molecule has 0 aliphatic heterocycles. The van der Waals surface area contributed by atoms with Crippen LogP contribution in [0.15, 0.2) is 0 Å². The van der Waals surface area contributed by atoms with E-state index < -0.39 is 37.7 Å². The molecule has 0 radical (unpaired) electrons. The molecule has 0 heterocycles. The molecular weight excluding hydrogens is 200 g/mol. The second-order valence-electron chi connectivity index (χ2n) is 2.66. The zero-order chi connectivity index (χ0) is 10.7. The van der Waals surface area contributed by atoms with Crippen LogP contribution in [-0.2, 0) is 0 Å². The average molecular weight is 209 g/mol. The summed E-state index contributed by atoms with van der Waals surface area (Å²) in [4.78, 5) is 0. The van der Waals surface area contributed by atoms with Crippen molar-refractivity contribution in [3.8, 4) is 0 Å². The van der Waals surface area contributed by atoms with Crippen LogP contribution in [0.25, 0.3) is 0 Å². The van der Waals surface area contributed by atoms with Gasteiger partial charge in [-0.2, -0.15) is 26.3 Å². The number of rotatable bonds is 3. The Morgan fingerprint density at radius 3 is 1.77 bits per heavy atom. The summed E-state index contributed by atoms with van der Waals surface area (Å²) in [5, 5.41) is 0. The lowest BCUT2D eigenvalue weighted by Crippen LogP contribution is -2.37. The van der Waals surface area contributed by atoms with Crippen molar-refractivity contribution < 1.29 is 26.3 Å². The maximum atomic E-state index is 11.7. The summed E-state index contributed by atoms with van der Waals surface area (Å²) in [7, 11) is 0. The van der Waals surface area contributed by atoms with Crippen LogP contribution in [0.3, 0.4) is 0 Å². The molecule has 1 nitrogen and oxygen atoms in total. The summed E-state index contributed by atoms with van der Waals surface area (Å²) >= 11 is 0. The number of alkyl halides is 6. The zero-order valence-corrected chi connectivity index (χ0v) is 6.54. The van der Waals surface area contributed by atoms with Crippen LogP contribution in [0.4, 0.5) is 26.3 Å². The Balaban J connectivity index is 3.67. The molecule has 0 spiro atoms. The van der Waals surface area contributed by atoms with Gasteiger partial charge in [-0.1, -0.05) is 0 Å². The molecule has 0 bridgehead atoms. The van der Waals surface area contributed by atoms with Gasteiger partial charge in [0.25, 0.3) is 0 Å². The van der Waals surface area contributed by atoms with Gasteiger partial charge in [-0.25, -0.2) is 0 Å². The minimum Gasteiger partial charge on any atom is -0.320 e. The molecule has 0 aliphatic rings. The van der Waals surface area contributed by atoms with Gasteiger partial charge in [0, 0.05) is 6.42 Å². The monoisotopic (exact) mass is 209 g/mol. The second-order valence-corrected chi connectivity index (χ2v) is 2.66. The van der Waals surface area contributed by atoms with E-state index in [9.17, 15) is 26.3 Å². The first kappa shape index (κ1) is 12.5. The zero-order valence-electron chi connectivity index (χ0n) is 6.54. The Morgan fingerprint density at radius 2 is 1.46 bits per heavy atom. The van der Waals surface area contributed by atoms with Crippen molar-refractivity contribution in [2.45, 2.75) is 37.7 Å². The molecule has 1 unspecified atom stereocenters. The van der Waals surface area contributed by atoms with Crippen LogP contribution in [-0.4, -0.2) is 18.4 Å². The highest BCUT2D eigenvalue weighted by atomic mass is 19.4. The first-order valence-corrected chi connectivity index (χ1v) is 3.52. The van der Waals surface area contributed by atoms with Crippen molar-refractivity contribution in [2.24, 2.45) is 5.73 Å². The molecule has 0 aromatic heterocycles. The maximum absolute atomic E-state index is 11.7. The van der Waals surface area contributed by atoms with Crippen molar-refractivity contribution in [2.75, 3.05) is 0 Å². The van der Waals surface area contributed by atoms with E-state index in [0.29, 0.717) is 0 Å². The van der Waals surface area contributed by atoms with Gasteiger partial charge in [0.05, 0.1) is 0 Å². The first-order chi connectivity index (χ1) is 5.63. The van der Waals surface area contributed by atoms with Gasteiger partial charge < -0.3 is 5.73 Å². The first-order valence-electron chi connectivity index (χ1n) is 3.52. The molecule has 0 fully saturated rings. The molecule has 13 heavy (non-hydrogen) atoms. The van der Waals surface area contributed by atoms with Gasteiger partial charge in [-0.3, -0.25) is 0 Å². The average Bonchev–Trinajstić information content (AvgIpc) is 1.82. The summed E-state index contributed by atoms with van der Waals surface area (Å²) in [5.74, 6) is 0. The van der Waals surface area contributed by atoms with E-state index >= 15 is 0 Å². The lowest BCUT2D eigenvalue weighted by molar-refractivity contribution is -0.156. The molecule has 1 atom stereocenters. The Labute approximate surface area is 70.9 Å². The van der Waals surface area contributed by atoms with E-state index in [4.69, 9.17) is 0 Å². The SMILES string of the molecule is NC(CCCC(F)(F)F)C(F)(F)F. The van der Waals surface area contributed by atoms with Crippen LogP contribution < -0.4 is 5.73 Å². The van der Waals surface area contributed by atoms with Crippen molar-refractivity contribution in [3.05, 3.63) is 0 Å². The largest absolute Gasteiger partial charge is 0.403 e. The Morgan fingerprint density at radius 1 is 1.00 bits per heavy atom. The highest BCUT2D eigenvalue weighted by Crippen LogP contribution is 2.26. The van der Waals surface area contributed by atoms with E-state index in [0.717, 1.165) is 0 Å². The lowest BCUT2D eigenvalue weighted by atomic mass is 10.1. The van der Waals surface area contributed by atoms with Gasteiger partial charge in [0.2, 0.25) is 0 Å². The standard InChI is InChI=1S/C6H9F6N/c7-5(8,9)3-1-2-4(13)6(10,11)12/h4H,1-3,13H2. The number of halogens is 6. The van der Waals surface area contributed by atoms with Crippen LogP contribution in [0.5, 0.6) is 0 Å². The number of hydrogen-bond acceptors (Lipinski definition) is 1. The third-order valence-electron chi connectivity index (χ3n) is 1.40. The summed E-state index contributed by atoms with van der Waals surface area (Å²) in [6.07, 6.45) is -11.5. The van der Waals surface area contributed by atoms with Crippen molar-refractivity contribution in [3.63, 3.8) is 0 Å². The molecular formula is C6H9F6N. The van der Waals surface area contributed by atoms with E-state index in [2.05, 4.69) is 5.73 Å². The maximum Gasteiger partial charge on any atom is 0.403 e. The van der Waals surface area contributed by atoms with Crippen LogP contribution in [0.2, 0.25) is 0 Å². The molecule has 80 valence electrons. The molecule has 0 aromatic rings. The molecule has 7 heteroatoms. The van der Waals surface area contributed by atoms with Gasteiger partial charge in [0.1, 0.15) is 6.04 Å². The second kappa shape index (κ2) is 4.17. The van der Waals surface area contributed by atoms with Gasteiger partial charge >= 0.3 is 12.4 Å². The van der Waals surface area contributed by atoms with E-state index in [1.165, 1.54) is 0 Å². The van der Waals surface area contributed by atoms with Gasteiger partial charge in [0.15, 0.2) is 0 Å². The topological polar surface area (TPSA) is 26.0 Å². The number of nitrogens with two attached hydrogens (primary N) is 1. The van der Waals surface area contributed by atoms with E-state index in [1.54, 1.807) is 0 Å². The normalized spacial score (nSPS) is 15.9. The highest BCUT2D eigenvalue weighted by molar-refractivity contribution is 4.70. The van der Waals surface area contributed by atoms with Crippen LogP contribution in [0.1, 0.15) is 19.3 Å². The van der Waals surface area contributed by atoms with Gasteiger partial charge in [-0.05, 0) is 12.8 Å². The quantitative estimate of drug-likeness (QED) is 0.710. The highest BCUT2D eigenvalue weighted by Gasteiger charge is 2.37. The summed E-state index contributed by atoms with van der Waals surface area (Å²) < 4.78 is 69.4. The van der Waals surface area contributed by atoms with Crippen molar-refractivity contribution in [1.29, 1.82) is 0 Å². The Bertz CT molecular complexity index is 148. The summed E-state index contributed by atoms with van der Waals surface area (Å²) in [6.45, 7) is 0. The third-order valence-corrected chi connectivity index (χ3v) is 1.40. The fourth-order valence-corrected chi connectivity index (χ4v) is 0.686. The Kier molecular flexibility index (Phi) is 4.02. The molecule has 0 aliphatic carbocycles. The predicted molar refractivity (Wildman–Crippen MR) is 33.9 cm³/mol.